The Bertz CT molecular complexity index is 1440. The maximum absolute atomic E-state index is 13.7. The number of nitrogens with zero attached hydrogens (tertiary/aromatic N) is 2. The van der Waals surface area contributed by atoms with Crippen LogP contribution in [0.1, 0.15) is 29.8 Å². The first-order chi connectivity index (χ1) is 20.2. The molecule has 2 aliphatic rings. The molecule has 3 amide bonds. The Hall–Kier alpha value is -4.35. The molecule has 0 radical (unpaired) electrons. The molecule has 0 unspecified atom stereocenters. The summed E-state index contributed by atoms with van der Waals surface area (Å²) in [6.45, 7) is 5.33. The number of aliphatic hydroxyl groups is 1. The lowest BCUT2D eigenvalue weighted by Gasteiger charge is -2.38. The predicted molar refractivity (Wildman–Crippen MR) is 156 cm³/mol. The van der Waals surface area contributed by atoms with Crippen molar-refractivity contribution in [2.75, 3.05) is 44.2 Å². The molecule has 2 heterocycles. The number of carbonyl (C=O) groups is 2. The summed E-state index contributed by atoms with van der Waals surface area (Å²) < 4.78 is 30.8. The van der Waals surface area contributed by atoms with Gasteiger partial charge in [-0.3, -0.25) is 9.69 Å². The minimum atomic E-state index is -0.571. The van der Waals surface area contributed by atoms with Crippen molar-refractivity contribution in [3.05, 3.63) is 77.6 Å². The van der Waals surface area contributed by atoms with Crippen molar-refractivity contribution in [1.29, 1.82) is 0 Å². The van der Waals surface area contributed by atoms with Crippen LogP contribution in [0, 0.1) is 11.7 Å². The zero-order chi connectivity index (χ0) is 29.8. The molecule has 0 aromatic heterocycles. The molecule has 5 rings (SSSR count). The number of halogens is 1. The summed E-state index contributed by atoms with van der Waals surface area (Å²) in [4.78, 5) is 30.4. The van der Waals surface area contributed by atoms with Gasteiger partial charge in [-0.15, -0.1) is 0 Å². The number of carbonyl (C=O) groups excluding carboxylic acids is 2. The topological polar surface area (TPSA) is 113 Å². The van der Waals surface area contributed by atoms with E-state index < -0.39 is 17.9 Å². The number of para-hydroxylation sites is 1. The van der Waals surface area contributed by atoms with Crippen LogP contribution in [0.25, 0.3) is 0 Å². The fraction of sp³-hybridized carbons (Fsp3) is 0.355. The van der Waals surface area contributed by atoms with Gasteiger partial charge in [-0.05, 0) is 68.1 Å². The Kier molecular flexibility index (Phi) is 8.79. The molecular weight excluding hydrogens is 543 g/mol. The largest absolute Gasteiger partial charge is 0.486 e. The molecule has 3 atom stereocenters. The second kappa shape index (κ2) is 12.7. The van der Waals surface area contributed by atoms with Gasteiger partial charge in [0.25, 0.3) is 5.91 Å². The van der Waals surface area contributed by atoms with Crippen LogP contribution in [0.3, 0.4) is 0 Å². The highest BCUT2D eigenvalue weighted by molar-refractivity contribution is 6.04. The number of aliphatic hydroxyl groups excluding tert-OH is 1. The Morgan fingerprint density at radius 2 is 1.88 bits per heavy atom. The maximum Gasteiger partial charge on any atom is 0.323 e. The number of amides is 3. The molecule has 42 heavy (non-hydrogen) atoms. The van der Waals surface area contributed by atoms with Gasteiger partial charge in [-0.2, -0.15) is 0 Å². The van der Waals surface area contributed by atoms with Crippen molar-refractivity contribution >= 4 is 23.3 Å². The first-order valence-corrected chi connectivity index (χ1v) is 13.8. The Labute approximate surface area is 244 Å². The Morgan fingerprint density at radius 3 is 2.64 bits per heavy atom. The highest BCUT2D eigenvalue weighted by atomic mass is 19.1. The van der Waals surface area contributed by atoms with Crippen molar-refractivity contribution < 1.29 is 33.3 Å². The summed E-state index contributed by atoms with van der Waals surface area (Å²) in [7, 11) is 1.99. The first kappa shape index (κ1) is 29.2. The molecule has 2 aliphatic heterocycles. The number of fused-ring (bicyclic) bond motifs is 2. The number of ether oxygens (including phenoxy) is 3. The van der Waals surface area contributed by atoms with Crippen LogP contribution in [-0.4, -0.2) is 72.5 Å². The van der Waals surface area contributed by atoms with Crippen molar-refractivity contribution in [2.45, 2.75) is 32.5 Å². The van der Waals surface area contributed by atoms with Gasteiger partial charge in [-0.1, -0.05) is 19.1 Å². The number of likely N-dealkylation sites (N-methyl/N-ethyl adjacent to an activating group) is 1. The van der Waals surface area contributed by atoms with E-state index in [0.29, 0.717) is 36.8 Å². The highest BCUT2D eigenvalue weighted by Gasteiger charge is 2.34. The summed E-state index contributed by atoms with van der Waals surface area (Å²) >= 11 is 0. The van der Waals surface area contributed by atoms with E-state index in [2.05, 4.69) is 15.5 Å². The highest BCUT2D eigenvalue weighted by Crippen LogP contribution is 2.36. The second-order valence-corrected chi connectivity index (χ2v) is 10.8. The molecule has 0 aliphatic carbocycles. The third-order valence-corrected chi connectivity index (χ3v) is 7.42. The molecule has 222 valence electrons. The average molecular weight is 579 g/mol. The van der Waals surface area contributed by atoms with Gasteiger partial charge < -0.3 is 34.9 Å². The van der Waals surface area contributed by atoms with Crippen LogP contribution >= 0.6 is 0 Å². The van der Waals surface area contributed by atoms with Gasteiger partial charge in [0.1, 0.15) is 11.9 Å². The van der Waals surface area contributed by atoms with Crippen LogP contribution in [0.2, 0.25) is 0 Å². The maximum atomic E-state index is 13.7. The molecule has 0 saturated carbocycles. The van der Waals surface area contributed by atoms with Gasteiger partial charge >= 0.3 is 6.03 Å². The monoisotopic (exact) mass is 578 g/mol. The minimum Gasteiger partial charge on any atom is -0.486 e. The standard InChI is InChI=1S/C31H35FN4O6/c1-19-14-36(20(2)17-37)30(38)24-5-4-6-25(34-31(39)33-23-10-8-22(32)9-11-23)29(24)42-28(19)16-35(3)15-21-7-12-26-27(13-21)41-18-40-26/h4-13,19-20,28,37H,14-18H2,1-3H3,(H2,33,34,39)/t19-,20-,28-/m0/s1. The predicted octanol–water partition coefficient (Wildman–Crippen LogP) is 4.55. The fourth-order valence-corrected chi connectivity index (χ4v) is 5.10. The lowest BCUT2D eigenvalue weighted by Crippen LogP contribution is -2.49. The molecule has 0 fully saturated rings. The van der Waals surface area contributed by atoms with Crippen molar-refractivity contribution in [1.82, 2.24) is 9.80 Å². The van der Waals surface area contributed by atoms with Crippen LogP contribution in [-0.2, 0) is 6.54 Å². The summed E-state index contributed by atoms with van der Waals surface area (Å²) in [5, 5.41) is 15.4. The lowest BCUT2D eigenvalue weighted by atomic mass is 9.99. The zero-order valence-corrected chi connectivity index (χ0v) is 23.8. The molecule has 0 spiro atoms. The number of hydrogen-bond acceptors (Lipinski definition) is 7. The summed E-state index contributed by atoms with van der Waals surface area (Å²) in [6, 6.07) is 15.2. The van der Waals surface area contributed by atoms with E-state index in [1.807, 2.05) is 32.2 Å². The van der Waals surface area contributed by atoms with Crippen LogP contribution in [0.4, 0.5) is 20.6 Å². The second-order valence-electron chi connectivity index (χ2n) is 10.8. The Balaban J connectivity index is 1.40. The molecule has 3 aromatic rings. The summed E-state index contributed by atoms with van der Waals surface area (Å²) in [5.41, 5.74) is 2.05. The summed E-state index contributed by atoms with van der Waals surface area (Å²) in [5.74, 6) is 0.862. The molecule has 0 saturated heterocycles. The minimum absolute atomic E-state index is 0.114. The van der Waals surface area contributed by atoms with E-state index in [1.165, 1.54) is 24.3 Å². The van der Waals surface area contributed by atoms with Crippen LogP contribution in [0.15, 0.2) is 60.7 Å². The van der Waals surface area contributed by atoms with E-state index in [9.17, 15) is 19.1 Å². The number of nitrogens with one attached hydrogen (secondary N) is 2. The van der Waals surface area contributed by atoms with Crippen LogP contribution in [0.5, 0.6) is 17.2 Å². The molecule has 11 heteroatoms. The van der Waals surface area contributed by atoms with Gasteiger partial charge in [0.05, 0.1) is 23.9 Å². The number of hydrogen-bond donors (Lipinski definition) is 3. The number of rotatable bonds is 8. The van der Waals surface area contributed by atoms with Gasteiger partial charge in [0, 0.05) is 31.2 Å². The smallest absolute Gasteiger partial charge is 0.323 e. The fourth-order valence-electron chi connectivity index (χ4n) is 5.10. The molecule has 3 N–H and O–H groups in total. The quantitative estimate of drug-likeness (QED) is 0.360. The van der Waals surface area contributed by atoms with E-state index in [-0.39, 0.29) is 42.6 Å². The first-order valence-electron chi connectivity index (χ1n) is 13.8. The van der Waals surface area contributed by atoms with E-state index in [1.54, 1.807) is 30.0 Å². The average Bonchev–Trinajstić information content (AvgIpc) is 3.44. The lowest BCUT2D eigenvalue weighted by molar-refractivity contribution is 0.0343. The zero-order valence-electron chi connectivity index (χ0n) is 23.8. The normalized spacial score (nSPS) is 18.5. The van der Waals surface area contributed by atoms with Gasteiger partial charge in [0.2, 0.25) is 6.79 Å². The molecule has 10 nitrogen and oxygen atoms in total. The van der Waals surface area contributed by atoms with E-state index in [4.69, 9.17) is 14.2 Å². The van der Waals surface area contributed by atoms with Crippen molar-refractivity contribution in [3.63, 3.8) is 0 Å². The van der Waals surface area contributed by atoms with Gasteiger partial charge in [0.15, 0.2) is 17.2 Å². The molecule has 0 bridgehead atoms. The third-order valence-electron chi connectivity index (χ3n) is 7.42. The van der Waals surface area contributed by atoms with Gasteiger partial charge in [-0.25, -0.2) is 9.18 Å². The van der Waals surface area contributed by atoms with Crippen molar-refractivity contribution in [2.24, 2.45) is 5.92 Å². The molecule has 3 aromatic carbocycles. The molecular formula is C31H35FN4O6. The third kappa shape index (κ3) is 6.58. The summed E-state index contributed by atoms with van der Waals surface area (Å²) in [6.07, 6.45) is -0.368. The van der Waals surface area contributed by atoms with Crippen molar-refractivity contribution in [3.8, 4) is 17.2 Å². The van der Waals surface area contributed by atoms with E-state index in [0.717, 1.165) is 11.3 Å². The number of benzene rings is 3. The SMILES string of the molecule is C[C@H]1CN([C@@H](C)CO)C(=O)c2cccc(NC(=O)Nc3ccc(F)cc3)c2O[C@H]1CN(C)Cc1ccc2c(c1)OCO2. The number of urea groups is 1. The Morgan fingerprint density at radius 1 is 1.12 bits per heavy atom. The van der Waals surface area contributed by atoms with E-state index >= 15 is 0 Å². The van der Waals surface area contributed by atoms with Crippen LogP contribution < -0.4 is 24.8 Å². The number of anilines is 2.